The van der Waals surface area contributed by atoms with Crippen molar-refractivity contribution in [3.05, 3.63) is 34.9 Å². The molecule has 0 unspecified atom stereocenters. The van der Waals surface area contributed by atoms with Gasteiger partial charge in [-0.05, 0) is 34.6 Å². The van der Waals surface area contributed by atoms with Crippen LogP contribution in [0.5, 0.6) is 0 Å². The van der Waals surface area contributed by atoms with E-state index >= 15 is 0 Å². The van der Waals surface area contributed by atoms with Crippen LogP contribution in [0.15, 0.2) is 34.9 Å². The topological polar surface area (TPSA) is 0 Å². The second kappa shape index (κ2) is 4.95. The lowest BCUT2D eigenvalue weighted by atomic mass is 10.1. The zero-order chi connectivity index (χ0) is 8.85. The maximum atomic E-state index is 2.19. The normalized spacial score (nSPS) is 13.2. The van der Waals surface area contributed by atoms with Crippen molar-refractivity contribution in [3.63, 3.8) is 0 Å². The van der Waals surface area contributed by atoms with Crippen LogP contribution in [0, 0.1) is 0 Å². The average Bonchev–Trinajstić information content (AvgIpc) is 1.85. The van der Waals surface area contributed by atoms with E-state index in [1.807, 2.05) is 0 Å². The molecule has 0 saturated heterocycles. The van der Waals surface area contributed by atoms with Crippen molar-refractivity contribution in [3.8, 4) is 0 Å². The third-order valence-electron chi connectivity index (χ3n) is 1.43. The molecule has 0 heterocycles. The molecule has 11 heavy (non-hydrogen) atoms. The molecule has 0 aliphatic rings. The van der Waals surface area contributed by atoms with E-state index in [9.17, 15) is 0 Å². The van der Waals surface area contributed by atoms with Crippen molar-refractivity contribution in [2.75, 3.05) is 0 Å². The number of allylic oxidation sites excluding steroid dienone is 6. The molecule has 0 saturated carbocycles. The van der Waals surface area contributed by atoms with Crippen molar-refractivity contribution < 1.29 is 0 Å². The number of rotatable bonds is 2. The summed E-state index contributed by atoms with van der Waals surface area (Å²) < 4.78 is 0. The molecule has 0 N–H and O–H groups in total. The van der Waals surface area contributed by atoms with E-state index < -0.39 is 0 Å². The van der Waals surface area contributed by atoms with Crippen molar-refractivity contribution in [1.29, 1.82) is 0 Å². The predicted octanol–water partition coefficient (Wildman–Crippen LogP) is 3.87. The van der Waals surface area contributed by atoms with Crippen LogP contribution in [-0.4, -0.2) is 0 Å². The van der Waals surface area contributed by atoms with Gasteiger partial charge < -0.3 is 0 Å². The highest BCUT2D eigenvalue weighted by atomic mass is 13.9. The average molecular weight is 150 g/mol. The van der Waals surface area contributed by atoms with Gasteiger partial charge in [0.15, 0.2) is 0 Å². The van der Waals surface area contributed by atoms with Crippen LogP contribution in [-0.2, 0) is 0 Å². The molecule has 0 bridgehead atoms. The molecule has 0 atom stereocenters. The Balaban J connectivity index is 4.36. The van der Waals surface area contributed by atoms with Gasteiger partial charge in [-0.3, -0.25) is 0 Å². The van der Waals surface area contributed by atoms with Crippen LogP contribution < -0.4 is 0 Å². The van der Waals surface area contributed by atoms with Crippen molar-refractivity contribution in [2.45, 2.75) is 34.6 Å². The van der Waals surface area contributed by atoms with E-state index in [1.165, 1.54) is 16.7 Å². The Hall–Kier alpha value is -0.780. The van der Waals surface area contributed by atoms with Crippen LogP contribution in [0.25, 0.3) is 0 Å². The monoisotopic (exact) mass is 150 g/mol. The second-order valence-electron chi connectivity index (χ2n) is 3.14. The molecule has 0 radical (unpaired) electrons. The van der Waals surface area contributed by atoms with Gasteiger partial charge in [0.2, 0.25) is 0 Å². The molecule has 0 fully saturated rings. The molecular weight excluding hydrogens is 132 g/mol. The molecule has 0 aromatic heterocycles. The fourth-order valence-electron chi connectivity index (χ4n) is 0.939. The Bertz CT molecular complexity index is 198. The van der Waals surface area contributed by atoms with E-state index in [1.54, 1.807) is 0 Å². The molecule has 0 spiro atoms. The second-order valence-corrected chi connectivity index (χ2v) is 3.14. The minimum Gasteiger partial charge on any atom is -0.0847 e. The van der Waals surface area contributed by atoms with E-state index in [2.05, 4.69) is 52.8 Å². The van der Waals surface area contributed by atoms with Crippen molar-refractivity contribution in [2.24, 2.45) is 0 Å². The summed E-state index contributed by atoms with van der Waals surface area (Å²) in [7, 11) is 0. The lowest BCUT2D eigenvalue weighted by molar-refractivity contribution is 1.33. The predicted molar refractivity (Wildman–Crippen MR) is 52.6 cm³/mol. The zero-order valence-corrected chi connectivity index (χ0v) is 8.23. The highest BCUT2D eigenvalue weighted by Gasteiger charge is 1.84. The van der Waals surface area contributed by atoms with Crippen molar-refractivity contribution >= 4 is 0 Å². The first kappa shape index (κ1) is 10.2. The van der Waals surface area contributed by atoms with Gasteiger partial charge in [0.05, 0.1) is 0 Å². The summed E-state index contributed by atoms with van der Waals surface area (Å²) in [5, 5.41) is 0. The van der Waals surface area contributed by atoms with Crippen molar-refractivity contribution in [1.82, 2.24) is 0 Å². The summed E-state index contributed by atoms with van der Waals surface area (Å²) in [6.07, 6.45) is 6.49. The summed E-state index contributed by atoms with van der Waals surface area (Å²) in [5.74, 6) is 0. The van der Waals surface area contributed by atoms with Gasteiger partial charge in [-0.25, -0.2) is 0 Å². The molecule has 0 aliphatic heterocycles. The fourth-order valence-corrected chi connectivity index (χ4v) is 0.939. The molecular formula is C11H18. The van der Waals surface area contributed by atoms with E-state index in [-0.39, 0.29) is 0 Å². The summed E-state index contributed by atoms with van der Waals surface area (Å²) in [6, 6.07) is 0. The lowest BCUT2D eigenvalue weighted by Gasteiger charge is -1.94. The third-order valence-corrected chi connectivity index (χ3v) is 1.43. The molecule has 0 aromatic carbocycles. The SMILES string of the molecule is C/C=C(C)/C=C(/C)C=C(C)C. The Kier molecular flexibility index (Phi) is 4.60. The molecule has 0 heteroatoms. The van der Waals surface area contributed by atoms with E-state index in [0.717, 1.165) is 0 Å². The van der Waals surface area contributed by atoms with Gasteiger partial charge in [0.1, 0.15) is 0 Å². The van der Waals surface area contributed by atoms with Crippen LogP contribution >= 0.6 is 0 Å². The van der Waals surface area contributed by atoms with Crippen LogP contribution in [0.1, 0.15) is 34.6 Å². The summed E-state index contributed by atoms with van der Waals surface area (Å²) >= 11 is 0. The van der Waals surface area contributed by atoms with Gasteiger partial charge in [-0.1, -0.05) is 34.9 Å². The third kappa shape index (κ3) is 5.65. The van der Waals surface area contributed by atoms with Crippen LogP contribution in [0.3, 0.4) is 0 Å². The first-order valence-corrected chi connectivity index (χ1v) is 4.02. The van der Waals surface area contributed by atoms with Gasteiger partial charge in [-0.2, -0.15) is 0 Å². The van der Waals surface area contributed by atoms with Gasteiger partial charge in [-0.15, -0.1) is 0 Å². The standard InChI is InChI=1S/C11H18/c1-6-10(4)8-11(5)7-9(2)3/h6-8H,1-5H3/b10-6+,11-8-. The maximum absolute atomic E-state index is 2.19. The smallest absolute Gasteiger partial charge is 0.0398 e. The number of hydrogen-bond acceptors (Lipinski definition) is 0. The van der Waals surface area contributed by atoms with E-state index in [0.29, 0.717) is 0 Å². The Morgan fingerprint density at radius 1 is 0.818 bits per heavy atom. The quantitative estimate of drug-likeness (QED) is 0.524. The highest BCUT2D eigenvalue weighted by Crippen LogP contribution is 2.05. The summed E-state index contributed by atoms with van der Waals surface area (Å²) in [4.78, 5) is 0. The lowest BCUT2D eigenvalue weighted by Crippen LogP contribution is -1.73. The Labute approximate surface area is 70.3 Å². The van der Waals surface area contributed by atoms with Crippen LogP contribution in [0.2, 0.25) is 0 Å². The molecule has 62 valence electrons. The Morgan fingerprint density at radius 2 is 1.36 bits per heavy atom. The van der Waals surface area contributed by atoms with Gasteiger partial charge >= 0.3 is 0 Å². The molecule has 0 nitrogen and oxygen atoms in total. The molecule has 0 aliphatic carbocycles. The first-order valence-electron chi connectivity index (χ1n) is 4.02. The molecule has 0 aromatic rings. The van der Waals surface area contributed by atoms with Crippen LogP contribution in [0.4, 0.5) is 0 Å². The van der Waals surface area contributed by atoms with Gasteiger partial charge in [0.25, 0.3) is 0 Å². The van der Waals surface area contributed by atoms with Gasteiger partial charge in [0, 0.05) is 0 Å². The largest absolute Gasteiger partial charge is 0.0847 e. The highest BCUT2D eigenvalue weighted by molar-refractivity contribution is 5.28. The molecule has 0 amide bonds. The Morgan fingerprint density at radius 3 is 1.73 bits per heavy atom. The minimum atomic E-state index is 1.32. The number of hydrogen-bond donors (Lipinski definition) is 0. The first-order chi connectivity index (χ1) is 5.06. The maximum Gasteiger partial charge on any atom is -0.0398 e. The summed E-state index contributed by atoms with van der Waals surface area (Å²) in [6.45, 7) is 10.5. The minimum absolute atomic E-state index is 1.32. The fraction of sp³-hybridized carbons (Fsp3) is 0.455. The molecule has 0 rings (SSSR count). The van der Waals surface area contributed by atoms with E-state index in [4.69, 9.17) is 0 Å². The summed E-state index contributed by atoms with van der Waals surface area (Å²) in [5.41, 5.74) is 3.99. The zero-order valence-electron chi connectivity index (χ0n) is 8.23.